The molecule has 9 heteroatoms. The van der Waals surface area contributed by atoms with Crippen molar-refractivity contribution in [3.8, 4) is 5.75 Å². The molecule has 0 spiro atoms. The third-order valence-electron chi connectivity index (χ3n) is 5.11. The standard InChI is InChI=1S/C20H27N7O2/c28-20(22-13-19-23-25-26-24-19)16-2-1-3-18(12-16)29-17-6-10-27(11-7-17)14-15-4-8-21-9-5-15/h1-5,8-9,12,17,19,23-26H,6-7,10-11,13-14H2,(H,22,28). The molecule has 0 bridgehead atoms. The zero-order valence-corrected chi connectivity index (χ0v) is 16.2. The number of hydrogen-bond donors (Lipinski definition) is 5. The van der Waals surface area contributed by atoms with Gasteiger partial charge >= 0.3 is 0 Å². The van der Waals surface area contributed by atoms with E-state index in [9.17, 15) is 4.79 Å². The molecule has 0 aliphatic carbocycles. The van der Waals surface area contributed by atoms with Gasteiger partial charge < -0.3 is 10.1 Å². The van der Waals surface area contributed by atoms with Crippen LogP contribution < -0.4 is 32.0 Å². The number of aromatic nitrogens is 1. The van der Waals surface area contributed by atoms with Crippen LogP contribution >= 0.6 is 0 Å². The van der Waals surface area contributed by atoms with Gasteiger partial charge in [-0.3, -0.25) is 14.7 Å². The first kappa shape index (κ1) is 19.7. The van der Waals surface area contributed by atoms with Gasteiger partial charge in [-0.25, -0.2) is 10.9 Å². The molecule has 3 heterocycles. The molecule has 2 saturated heterocycles. The first-order valence-electron chi connectivity index (χ1n) is 9.93. The van der Waals surface area contributed by atoms with Crippen LogP contribution in [0.3, 0.4) is 0 Å². The summed E-state index contributed by atoms with van der Waals surface area (Å²) in [5, 5.41) is 2.89. The number of likely N-dealkylation sites (tertiary alicyclic amines) is 1. The van der Waals surface area contributed by atoms with E-state index < -0.39 is 0 Å². The Morgan fingerprint density at radius 2 is 1.90 bits per heavy atom. The molecule has 5 N–H and O–H groups in total. The largest absolute Gasteiger partial charge is 0.490 e. The molecule has 0 unspecified atom stereocenters. The number of hydrazine groups is 3. The maximum absolute atomic E-state index is 12.4. The molecule has 9 nitrogen and oxygen atoms in total. The van der Waals surface area contributed by atoms with Crippen molar-refractivity contribution in [3.05, 3.63) is 59.9 Å². The molecule has 2 aliphatic rings. The second kappa shape index (κ2) is 9.77. The van der Waals surface area contributed by atoms with E-state index >= 15 is 0 Å². The van der Waals surface area contributed by atoms with Crippen LogP contribution in [0.5, 0.6) is 5.75 Å². The normalized spacial score (nSPS) is 18.6. The number of benzene rings is 1. The van der Waals surface area contributed by atoms with Crippen LogP contribution in [0.2, 0.25) is 0 Å². The average Bonchev–Trinajstić information content (AvgIpc) is 3.28. The van der Waals surface area contributed by atoms with E-state index in [0.29, 0.717) is 12.1 Å². The number of rotatable bonds is 7. The van der Waals surface area contributed by atoms with E-state index in [4.69, 9.17) is 4.74 Å². The molecule has 0 atom stereocenters. The van der Waals surface area contributed by atoms with E-state index in [-0.39, 0.29) is 18.2 Å². The Morgan fingerprint density at radius 3 is 2.66 bits per heavy atom. The van der Waals surface area contributed by atoms with Crippen LogP contribution in [-0.2, 0) is 6.54 Å². The van der Waals surface area contributed by atoms with Gasteiger partial charge in [0.2, 0.25) is 0 Å². The summed E-state index contributed by atoms with van der Waals surface area (Å²) in [7, 11) is 0. The summed E-state index contributed by atoms with van der Waals surface area (Å²) in [6, 6.07) is 11.5. The van der Waals surface area contributed by atoms with Gasteiger partial charge in [-0.2, -0.15) is 11.1 Å². The van der Waals surface area contributed by atoms with Gasteiger partial charge in [-0.05, 0) is 48.7 Å². The van der Waals surface area contributed by atoms with Gasteiger partial charge in [0.25, 0.3) is 5.91 Å². The lowest BCUT2D eigenvalue weighted by atomic mass is 10.1. The predicted molar refractivity (Wildman–Crippen MR) is 108 cm³/mol. The summed E-state index contributed by atoms with van der Waals surface area (Å²) in [6.45, 7) is 3.38. The summed E-state index contributed by atoms with van der Waals surface area (Å²) >= 11 is 0. The molecule has 154 valence electrons. The summed E-state index contributed by atoms with van der Waals surface area (Å²) < 4.78 is 6.16. The Morgan fingerprint density at radius 1 is 1.14 bits per heavy atom. The zero-order chi connectivity index (χ0) is 19.9. The Hall–Kier alpha value is -2.56. The van der Waals surface area contributed by atoms with Crippen molar-refractivity contribution in [3.63, 3.8) is 0 Å². The van der Waals surface area contributed by atoms with E-state index in [1.54, 1.807) is 6.07 Å². The van der Waals surface area contributed by atoms with Gasteiger partial charge in [-0.15, -0.1) is 0 Å². The van der Waals surface area contributed by atoms with E-state index in [2.05, 4.69) is 49.3 Å². The number of nitrogens with one attached hydrogen (secondary N) is 5. The van der Waals surface area contributed by atoms with E-state index in [0.717, 1.165) is 38.2 Å². The van der Waals surface area contributed by atoms with Gasteiger partial charge in [0.1, 0.15) is 18.0 Å². The first-order chi connectivity index (χ1) is 14.3. The van der Waals surface area contributed by atoms with Crippen molar-refractivity contribution >= 4 is 5.91 Å². The molecule has 1 aromatic carbocycles. The summed E-state index contributed by atoms with van der Waals surface area (Å²) in [5.74, 6) is 0.615. The summed E-state index contributed by atoms with van der Waals surface area (Å²) in [5.41, 5.74) is 13.2. The topological polar surface area (TPSA) is 103 Å². The van der Waals surface area contributed by atoms with Gasteiger partial charge in [-0.1, -0.05) is 6.07 Å². The maximum Gasteiger partial charge on any atom is 0.251 e. The number of carbonyl (C=O) groups is 1. The summed E-state index contributed by atoms with van der Waals surface area (Å²) in [4.78, 5) is 18.9. The van der Waals surface area contributed by atoms with Crippen LogP contribution in [0, 0.1) is 0 Å². The molecular weight excluding hydrogens is 370 g/mol. The number of hydrogen-bond acceptors (Lipinski definition) is 8. The van der Waals surface area contributed by atoms with Crippen molar-refractivity contribution in [1.29, 1.82) is 0 Å². The van der Waals surface area contributed by atoms with Gasteiger partial charge in [0.05, 0.1) is 0 Å². The first-order valence-corrected chi connectivity index (χ1v) is 9.93. The molecule has 0 radical (unpaired) electrons. The van der Waals surface area contributed by atoms with Crippen molar-refractivity contribution in [2.45, 2.75) is 31.7 Å². The predicted octanol–water partition coefficient (Wildman–Crippen LogP) is 0.298. The van der Waals surface area contributed by atoms with Crippen molar-refractivity contribution < 1.29 is 9.53 Å². The fraction of sp³-hybridized carbons (Fsp3) is 0.400. The maximum atomic E-state index is 12.4. The van der Waals surface area contributed by atoms with Crippen LogP contribution in [0.15, 0.2) is 48.8 Å². The Balaban J connectivity index is 1.24. The van der Waals surface area contributed by atoms with Gasteiger partial charge in [0, 0.05) is 44.1 Å². The lowest BCUT2D eigenvalue weighted by Crippen LogP contribution is -2.44. The highest BCUT2D eigenvalue weighted by Gasteiger charge is 2.21. The number of nitrogens with zero attached hydrogens (tertiary/aromatic N) is 2. The number of carbonyl (C=O) groups excluding carboxylic acids is 1. The Labute approximate surface area is 170 Å². The van der Waals surface area contributed by atoms with Crippen LogP contribution in [0.1, 0.15) is 28.8 Å². The fourth-order valence-corrected chi connectivity index (χ4v) is 3.52. The number of ether oxygens (including phenoxy) is 1. The lowest BCUT2D eigenvalue weighted by molar-refractivity contribution is 0.0933. The molecule has 1 aromatic heterocycles. The van der Waals surface area contributed by atoms with Crippen molar-refractivity contribution in [2.75, 3.05) is 19.6 Å². The Bertz CT molecular complexity index is 790. The fourth-order valence-electron chi connectivity index (χ4n) is 3.52. The highest BCUT2D eigenvalue weighted by Crippen LogP contribution is 2.21. The van der Waals surface area contributed by atoms with Crippen LogP contribution in [0.4, 0.5) is 0 Å². The average molecular weight is 397 g/mol. The highest BCUT2D eigenvalue weighted by atomic mass is 16.5. The SMILES string of the molecule is O=C(NCC1NNNN1)c1cccc(OC2CCN(Cc3ccncc3)CC2)c1. The lowest BCUT2D eigenvalue weighted by Gasteiger charge is -2.32. The molecule has 2 aromatic rings. The second-order valence-electron chi connectivity index (χ2n) is 7.28. The molecule has 29 heavy (non-hydrogen) atoms. The number of pyridine rings is 1. The minimum absolute atomic E-state index is 0.0734. The third-order valence-corrected chi connectivity index (χ3v) is 5.11. The molecule has 1 amide bonds. The number of amides is 1. The number of piperidine rings is 1. The minimum atomic E-state index is -0.127. The van der Waals surface area contributed by atoms with Crippen molar-refractivity contribution in [2.24, 2.45) is 0 Å². The molecule has 2 aliphatic heterocycles. The van der Waals surface area contributed by atoms with E-state index in [1.807, 2.05) is 30.6 Å². The third kappa shape index (κ3) is 5.72. The monoisotopic (exact) mass is 397 g/mol. The Kier molecular flexibility index (Phi) is 6.65. The summed E-state index contributed by atoms with van der Waals surface area (Å²) in [6.07, 6.45) is 5.72. The molecule has 2 fully saturated rings. The van der Waals surface area contributed by atoms with Gasteiger partial charge in [0.15, 0.2) is 0 Å². The zero-order valence-electron chi connectivity index (χ0n) is 16.2. The van der Waals surface area contributed by atoms with Crippen LogP contribution in [-0.4, -0.2) is 47.7 Å². The smallest absolute Gasteiger partial charge is 0.251 e. The molecule has 4 rings (SSSR count). The quantitative estimate of drug-likeness (QED) is 0.455. The van der Waals surface area contributed by atoms with E-state index in [1.165, 1.54) is 5.56 Å². The highest BCUT2D eigenvalue weighted by molar-refractivity contribution is 5.94. The van der Waals surface area contributed by atoms with Crippen LogP contribution in [0.25, 0.3) is 0 Å². The van der Waals surface area contributed by atoms with Crippen molar-refractivity contribution in [1.82, 2.24) is 37.1 Å². The minimum Gasteiger partial charge on any atom is -0.490 e. The second-order valence-corrected chi connectivity index (χ2v) is 7.28. The molecular formula is C20H27N7O2. The molecule has 0 saturated carbocycles.